The topological polar surface area (TPSA) is 305 Å². The molecule has 1 saturated heterocycles. The van der Waals surface area contributed by atoms with Gasteiger partial charge in [0.15, 0.2) is 0 Å². The van der Waals surface area contributed by atoms with E-state index in [0.29, 0.717) is 19.5 Å². The van der Waals surface area contributed by atoms with Gasteiger partial charge in [-0.2, -0.15) is 13.6 Å². The first-order valence-corrected chi connectivity index (χ1v) is 15.0. The SMILES string of the molecule is NCCCCNC(=O)Cc1cn([C@H]2C[C@H](O)[C@@H](COP(=O)(O)OP(=O)(O)OP(=O)(O)O)O2)c(=O)nc1N. The molecular formula is C15H28N5O14P3. The number of nitrogens with zero attached hydrogens (tertiary/aromatic N) is 2. The second-order valence-electron chi connectivity index (χ2n) is 7.68. The van der Waals surface area contributed by atoms with Gasteiger partial charge in [-0.25, -0.2) is 18.5 Å². The van der Waals surface area contributed by atoms with E-state index in [9.17, 15) is 38.2 Å². The molecule has 0 aromatic carbocycles. The molecule has 37 heavy (non-hydrogen) atoms. The lowest BCUT2D eigenvalue weighted by atomic mass is 10.2. The Balaban J connectivity index is 2.03. The van der Waals surface area contributed by atoms with E-state index in [2.05, 4.69) is 23.4 Å². The van der Waals surface area contributed by atoms with Crippen molar-refractivity contribution in [1.29, 1.82) is 0 Å². The number of aliphatic hydroxyl groups excluding tert-OH is 1. The zero-order chi connectivity index (χ0) is 28.0. The molecule has 1 aliphatic rings. The van der Waals surface area contributed by atoms with Crippen molar-refractivity contribution in [3.63, 3.8) is 0 Å². The van der Waals surface area contributed by atoms with Crippen LogP contribution in [0.3, 0.4) is 0 Å². The van der Waals surface area contributed by atoms with E-state index in [1.165, 1.54) is 6.20 Å². The van der Waals surface area contributed by atoms with Crippen LogP contribution >= 0.6 is 23.5 Å². The second kappa shape index (κ2) is 13.0. The van der Waals surface area contributed by atoms with Gasteiger partial charge in [0, 0.05) is 24.7 Å². The number of aromatic nitrogens is 2. The number of phosphoric ester groups is 1. The summed E-state index contributed by atoms with van der Waals surface area (Å²) < 4.78 is 52.0. The zero-order valence-corrected chi connectivity index (χ0v) is 21.7. The van der Waals surface area contributed by atoms with Crippen LogP contribution in [0.4, 0.5) is 5.82 Å². The standard InChI is InChI=1S/C15H28N5O14P3/c16-3-1-2-4-18-12(22)5-9-7-20(15(23)19-14(9)17)13-6-10(21)11(32-13)8-31-36(27,28)34-37(29,30)33-35(24,25)26/h7,10-11,13,21H,1-6,8,16H2,(H,18,22)(H,27,28)(H,29,30)(H2,17,19,23)(H2,24,25,26)/t10-,11+,13+/m0/s1. The molecule has 1 aromatic rings. The van der Waals surface area contributed by atoms with Gasteiger partial charge in [-0.15, -0.1) is 0 Å². The van der Waals surface area contributed by atoms with Crippen LogP contribution < -0.4 is 22.5 Å². The van der Waals surface area contributed by atoms with E-state index >= 15 is 0 Å². The number of nitrogens with two attached hydrogens (primary N) is 2. The van der Waals surface area contributed by atoms with Crippen LogP contribution in [0.5, 0.6) is 0 Å². The van der Waals surface area contributed by atoms with Crippen molar-refractivity contribution in [2.24, 2.45) is 5.73 Å². The van der Waals surface area contributed by atoms with Gasteiger partial charge in [-0.1, -0.05) is 0 Å². The molecule has 0 saturated carbocycles. The number of unbranched alkanes of at least 4 members (excludes halogenated alkanes) is 1. The summed E-state index contributed by atoms with van der Waals surface area (Å²) >= 11 is 0. The highest BCUT2D eigenvalue weighted by atomic mass is 31.3. The van der Waals surface area contributed by atoms with Crippen molar-refractivity contribution < 1.29 is 61.1 Å². The highest BCUT2D eigenvalue weighted by Gasteiger charge is 2.43. The number of anilines is 1. The summed E-state index contributed by atoms with van der Waals surface area (Å²) in [5, 5.41) is 12.9. The number of nitrogen functional groups attached to an aromatic ring is 1. The number of ether oxygens (including phenoxy) is 1. The van der Waals surface area contributed by atoms with E-state index in [0.717, 1.165) is 11.0 Å². The Morgan fingerprint density at radius 2 is 1.86 bits per heavy atom. The van der Waals surface area contributed by atoms with Gasteiger partial charge >= 0.3 is 29.2 Å². The van der Waals surface area contributed by atoms with Crippen LogP contribution in [0.25, 0.3) is 0 Å². The molecule has 10 N–H and O–H groups in total. The highest BCUT2D eigenvalue weighted by Crippen LogP contribution is 2.66. The predicted molar refractivity (Wildman–Crippen MR) is 122 cm³/mol. The summed E-state index contributed by atoms with van der Waals surface area (Å²) in [6, 6.07) is 0. The number of hydrogen-bond donors (Lipinski definition) is 8. The van der Waals surface area contributed by atoms with Gasteiger partial charge in [0.2, 0.25) is 5.91 Å². The molecule has 2 rings (SSSR count). The number of carbonyl (C=O) groups is 1. The van der Waals surface area contributed by atoms with E-state index in [-0.39, 0.29) is 24.2 Å². The third-order valence-electron chi connectivity index (χ3n) is 4.70. The zero-order valence-electron chi connectivity index (χ0n) is 19.1. The Hall–Kier alpha value is -1.56. The molecular weight excluding hydrogens is 567 g/mol. The molecule has 1 aromatic heterocycles. The molecule has 19 nitrogen and oxygen atoms in total. The lowest BCUT2D eigenvalue weighted by molar-refractivity contribution is -0.120. The van der Waals surface area contributed by atoms with Crippen LogP contribution in [0.2, 0.25) is 0 Å². The smallest absolute Gasteiger partial charge is 0.390 e. The minimum Gasteiger partial charge on any atom is -0.390 e. The normalized spacial score (nSPS) is 23.4. The van der Waals surface area contributed by atoms with E-state index in [4.69, 9.17) is 26.0 Å². The first-order chi connectivity index (χ1) is 17.0. The quantitative estimate of drug-likeness (QED) is 0.0870. The molecule has 212 valence electrons. The number of hydrogen-bond acceptors (Lipinski definition) is 13. The number of rotatable bonds is 14. The highest BCUT2D eigenvalue weighted by molar-refractivity contribution is 7.66. The summed E-state index contributed by atoms with van der Waals surface area (Å²) in [6.07, 6.45) is -1.76. The third kappa shape index (κ3) is 10.6. The van der Waals surface area contributed by atoms with Crippen LogP contribution in [-0.2, 0) is 42.8 Å². The van der Waals surface area contributed by atoms with Crippen molar-refractivity contribution in [1.82, 2.24) is 14.9 Å². The maximum Gasteiger partial charge on any atom is 0.490 e. The number of amides is 1. The van der Waals surface area contributed by atoms with Gasteiger partial charge in [0.25, 0.3) is 0 Å². The fourth-order valence-electron chi connectivity index (χ4n) is 3.10. The molecule has 1 fully saturated rings. The van der Waals surface area contributed by atoms with Gasteiger partial charge in [-0.3, -0.25) is 13.9 Å². The Morgan fingerprint density at radius 1 is 1.19 bits per heavy atom. The first-order valence-electron chi connectivity index (χ1n) is 10.5. The van der Waals surface area contributed by atoms with Crippen molar-refractivity contribution >= 4 is 35.2 Å². The van der Waals surface area contributed by atoms with Crippen molar-refractivity contribution in [3.8, 4) is 0 Å². The summed E-state index contributed by atoms with van der Waals surface area (Å²) in [7, 11) is -16.7. The fourth-order valence-corrected chi connectivity index (χ4v) is 6.13. The van der Waals surface area contributed by atoms with Gasteiger partial charge in [-0.05, 0) is 19.4 Å². The molecule has 5 atom stereocenters. The summed E-state index contributed by atoms with van der Waals surface area (Å²) in [5.41, 5.74) is 10.4. The van der Waals surface area contributed by atoms with Crippen molar-refractivity contribution in [2.45, 2.75) is 44.1 Å². The summed E-state index contributed by atoms with van der Waals surface area (Å²) in [6.45, 7) is -0.0537. The first kappa shape index (κ1) is 31.7. The van der Waals surface area contributed by atoms with Crippen LogP contribution in [0, 0.1) is 0 Å². The van der Waals surface area contributed by atoms with Crippen LogP contribution in [-0.4, -0.2) is 72.0 Å². The molecule has 2 unspecified atom stereocenters. The molecule has 0 bridgehead atoms. The third-order valence-corrected chi connectivity index (χ3v) is 8.50. The van der Waals surface area contributed by atoms with E-state index in [1.807, 2.05) is 0 Å². The average molecular weight is 595 g/mol. The fraction of sp³-hybridized carbons (Fsp3) is 0.667. The Bertz CT molecular complexity index is 1160. The molecule has 22 heteroatoms. The maximum atomic E-state index is 12.3. The minimum absolute atomic E-state index is 0.186. The Kier molecular flexibility index (Phi) is 11.1. The largest absolute Gasteiger partial charge is 0.490 e. The van der Waals surface area contributed by atoms with Crippen molar-refractivity contribution in [2.75, 3.05) is 25.4 Å². The van der Waals surface area contributed by atoms with E-state index < -0.39 is 60.1 Å². The van der Waals surface area contributed by atoms with Crippen LogP contribution in [0.1, 0.15) is 31.1 Å². The monoisotopic (exact) mass is 595 g/mol. The number of nitrogens with one attached hydrogen (secondary N) is 1. The van der Waals surface area contributed by atoms with Gasteiger partial charge in [0.05, 0.1) is 19.1 Å². The molecule has 1 amide bonds. The molecule has 1 aliphatic heterocycles. The summed E-state index contributed by atoms with van der Waals surface area (Å²) in [4.78, 5) is 63.9. The number of aliphatic hydroxyl groups is 1. The molecule has 0 radical (unpaired) electrons. The number of carbonyl (C=O) groups excluding carboxylic acids is 1. The second-order valence-corrected chi connectivity index (χ2v) is 12.1. The van der Waals surface area contributed by atoms with Gasteiger partial charge in [0.1, 0.15) is 18.1 Å². The molecule has 2 heterocycles. The Morgan fingerprint density at radius 3 is 2.49 bits per heavy atom. The van der Waals surface area contributed by atoms with Gasteiger partial charge < -0.3 is 46.2 Å². The lowest BCUT2D eigenvalue weighted by Crippen LogP contribution is -2.31. The Labute approximate surface area is 209 Å². The maximum absolute atomic E-state index is 12.3. The lowest BCUT2D eigenvalue weighted by Gasteiger charge is -2.19. The molecule has 0 spiro atoms. The summed E-state index contributed by atoms with van der Waals surface area (Å²) in [5.74, 6) is -0.585. The predicted octanol–water partition coefficient (Wildman–Crippen LogP) is -1.79. The van der Waals surface area contributed by atoms with Crippen LogP contribution in [0.15, 0.2) is 11.0 Å². The van der Waals surface area contributed by atoms with Crippen molar-refractivity contribution in [3.05, 3.63) is 22.2 Å². The molecule has 0 aliphatic carbocycles. The minimum atomic E-state index is -5.72. The number of phosphoric acid groups is 3. The average Bonchev–Trinajstić information content (AvgIpc) is 3.09. The van der Waals surface area contributed by atoms with E-state index in [1.54, 1.807) is 0 Å².